The number of nitrogens with two attached hydrogens (primary N) is 1. The van der Waals surface area contributed by atoms with Crippen molar-refractivity contribution in [1.82, 2.24) is 9.55 Å². The summed E-state index contributed by atoms with van der Waals surface area (Å²) in [7, 11) is 0. The third kappa shape index (κ3) is 2.12. The Labute approximate surface area is 122 Å². The molecule has 5 heteroatoms. The van der Waals surface area contributed by atoms with Gasteiger partial charge in [-0.2, -0.15) is 0 Å². The van der Waals surface area contributed by atoms with Crippen LogP contribution in [0.15, 0.2) is 47.9 Å². The van der Waals surface area contributed by atoms with Crippen molar-refractivity contribution in [3.63, 3.8) is 0 Å². The average Bonchev–Trinajstić information content (AvgIpc) is 2.89. The van der Waals surface area contributed by atoms with Crippen molar-refractivity contribution in [2.24, 2.45) is 10.9 Å². The summed E-state index contributed by atoms with van der Waals surface area (Å²) in [4.78, 5) is 4.44. The van der Waals surface area contributed by atoms with Crippen LogP contribution in [0.1, 0.15) is 16.7 Å². The molecule has 1 heterocycles. The molecule has 3 aromatic rings. The maximum atomic E-state index is 8.94. The van der Waals surface area contributed by atoms with E-state index in [-0.39, 0.29) is 5.84 Å². The lowest BCUT2D eigenvalue weighted by molar-refractivity contribution is 0.318. The summed E-state index contributed by atoms with van der Waals surface area (Å²) in [6.45, 7) is 4.14. The standard InChI is InChI=1S/C16H16N4O/c1-10-7-13-15(8-11(10)2)20(9-18-13)14-6-4-3-5-12(14)16(17)19-21/h3-9,21H,1-2H3,(H2,17,19). The molecule has 106 valence electrons. The number of fused-ring (bicyclic) bond motifs is 1. The summed E-state index contributed by atoms with van der Waals surface area (Å²) in [5.74, 6) is 0.0799. The van der Waals surface area contributed by atoms with Gasteiger partial charge in [0.25, 0.3) is 0 Å². The van der Waals surface area contributed by atoms with Crippen molar-refractivity contribution in [2.45, 2.75) is 13.8 Å². The minimum absolute atomic E-state index is 0.0799. The Kier molecular flexibility index (Phi) is 3.10. The van der Waals surface area contributed by atoms with E-state index in [1.54, 1.807) is 6.33 Å². The van der Waals surface area contributed by atoms with Crippen molar-refractivity contribution in [2.75, 3.05) is 0 Å². The lowest BCUT2D eigenvalue weighted by Gasteiger charge is -2.10. The van der Waals surface area contributed by atoms with E-state index in [0.717, 1.165) is 16.7 Å². The van der Waals surface area contributed by atoms with E-state index in [4.69, 9.17) is 10.9 Å². The van der Waals surface area contributed by atoms with Crippen LogP contribution in [0.25, 0.3) is 16.7 Å². The molecule has 1 aromatic heterocycles. The highest BCUT2D eigenvalue weighted by atomic mass is 16.4. The number of aryl methyl sites for hydroxylation is 2. The molecule has 0 spiro atoms. The highest BCUT2D eigenvalue weighted by molar-refractivity contribution is 6.00. The average molecular weight is 280 g/mol. The van der Waals surface area contributed by atoms with Gasteiger partial charge in [0.1, 0.15) is 6.33 Å². The largest absolute Gasteiger partial charge is 0.409 e. The van der Waals surface area contributed by atoms with Crippen molar-refractivity contribution in [3.8, 4) is 5.69 Å². The van der Waals surface area contributed by atoms with Gasteiger partial charge in [0, 0.05) is 5.56 Å². The molecule has 21 heavy (non-hydrogen) atoms. The Hall–Kier alpha value is -2.82. The molecule has 0 saturated carbocycles. The lowest BCUT2D eigenvalue weighted by Crippen LogP contribution is -2.16. The molecular formula is C16H16N4O. The molecule has 0 aliphatic carbocycles. The van der Waals surface area contributed by atoms with Gasteiger partial charge in [0.2, 0.25) is 0 Å². The van der Waals surface area contributed by atoms with Crippen LogP contribution in [0.3, 0.4) is 0 Å². The van der Waals surface area contributed by atoms with E-state index in [2.05, 4.69) is 36.1 Å². The van der Waals surface area contributed by atoms with Crippen molar-refractivity contribution in [3.05, 3.63) is 59.4 Å². The summed E-state index contributed by atoms with van der Waals surface area (Å²) in [6.07, 6.45) is 1.76. The van der Waals surface area contributed by atoms with Crippen LogP contribution in [-0.2, 0) is 0 Å². The maximum Gasteiger partial charge on any atom is 0.172 e. The van der Waals surface area contributed by atoms with E-state index in [1.807, 2.05) is 28.8 Å². The minimum Gasteiger partial charge on any atom is -0.409 e. The zero-order valence-corrected chi connectivity index (χ0v) is 11.9. The fourth-order valence-electron chi connectivity index (χ4n) is 2.41. The summed E-state index contributed by atoms with van der Waals surface area (Å²) in [6, 6.07) is 11.7. The fraction of sp³-hybridized carbons (Fsp3) is 0.125. The quantitative estimate of drug-likeness (QED) is 0.328. The molecule has 0 radical (unpaired) electrons. The fourth-order valence-corrected chi connectivity index (χ4v) is 2.41. The molecule has 0 amide bonds. The summed E-state index contributed by atoms with van der Waals surface area (Å²) in [5.41, 5.74) is 11.6. The number of oxime groups is 1. The second-order valence-electron chi connectivity index (χ2n) is 5.04. The Morgan fingerprint density at radius 2 is 1.90 bits per heavy atom. The molecule has 0 aliphatic rings. The molecule has 0 atom stereocenters. The second kappa shape index (κ2) is 4.94. The third-order valence-electron chi connectivity index (χ3n) is 3.71. The van der Waals surface area contributed by atoms with Crippen LogP contribution in [0.4, 0.5) is 0 Å². The number of rotatable bonds is 2. The molecule has 0 unspecified atom stereocenters. The van der Waals surface area contributed by atoms with E-state index in [9.17, 15) is 0 Å². The van der Waals surface area contributed by atoms with Gasteiger partial charge in [-0.05, 0) is 49.2 Å². The number of aromatic nitrogens is 2. The highest BCUT2D eigenvalue weighted by Gasteiger charge is 2.12. The molecule has 5 nitrogen and oxygen atoms in total. The molecule has 2 aromatic carbocycles. The first-order chi connectivity index (χ1) is 10.1. The highest BCUT2D eigenvalue weighted by Crippen LogP contribution is 2.23. The number of amidine groups is 1. The smallest absolute Gasteiger partial charge is 0.172 e. The number of nitrogens with zero attached hydrogens (tertiary/aromatic N) is 3. The number of hydrogen-bond donors (Lipinski definition) is 2. The molecule has 0 fully saturated rings. The lowest BCUT2D eigenvalue weighted by atomic mass is 10.1. The molecular weight excluding hydrogens is 264 g/mol. The van der Waals surface area contributed by atoms with Gasteiger partial charge < -0.3 is 10.9 Å². The molecule has 3 N–H and O–H groups in total. The molecule has 0 aliphatic heterocycles. The first-order valence-corrected chi connectivity index (χ1v) is 6.63. The summed E-state index contributed by atoms with van der Waals surface area (Å²) in [5, 5.41) is 12.0. The van der Waals surface area contributed by atoms with Gasteiger partial charge >= 0.3 is 0 Å². The van der Waals surface area contributed by atoms with Gasteiger partial charge in [0.05, 0.1) is 16.7 Å². The first-order valence-electron chi connectivity index (χ1n) is 6.63. The van der Waals surface area contributed by atoms with E-state index < -0.39 is 0 Å². The SMILES string of the molecule is Cc1cc2ncn(-c3ccccc3/C(N)=N/O)c2cc1C. The van der Waals surface area contributed by atoms with Gasteiger partial charge in [-0.15, -0.1) is 0 Å². The second-order valence-corrected chi connectivity index (χ2v) is 5.04. The summed E-state index contributed by atoms with van der Waals surface area (Å²) < 4.78 is 1.95. The number of imidazole rings is 1. The number of para-hydroxylation sites is 1. The topological polar surface area (TPSA) is 76.4 Å². The van der Waals surface area contributed by atoms with E-state index in [1.165, 1.54) is 11.1 Å². The number of benzene rings is 2. The molecule has 0 bridgehead atoms. The first kappa shape index (κ1) is 13.2. The maximum absolute atomic E-state index is 8.94. The van der Waals surface area contributed by atoms with Crippen LogP contribution in [0.5, 0.6) is 0 Å². The van der Waals surface area contributed by atoms with Crippen molar-refractivity contribution in [1.29, 1.82) is 0 Å². The van der Waals surface area contributed by atoms with E-state index >= 15 is 0 Å². The Bertz CT molecular complexity index is 849. The monoisotopic (exact) mass is 280 g/mol. The van der Waals surface area contributed by atoms with Crippen LogP contribution >= 0.6 is 0 Å². The minimum atomic E-state index is 0.0799. The van der Waals surface area contributed by atoms with Gasteiger partial charge in [0.15, 0.2) is 5.84 Å². The molecule has 0 saturated heterocycles. The van der Waals surface area contributed by atoms with Crippen LogP contribution in [0.2, 0.25) is 0 Å². The zero-order chi connectivity index (χ0) is 15.0. The Balaban J connectivity index is 2.29. The zero-order valence-electron chi connectivity index (χ0n) is 11.9. The Morgan fingerprint density at radius 3 is 2.67 bits per heavy atom. The van der Waals surface area contributed by atoms with E-state index in [0.29, 0.717) is 5.56 Å². The van der Waals surface area contributed by atoms with Gasteiger partial charge in [-0.25, -0.2) is 4.98 Å². The third-order valence-corrected chi connectivity index (χ3v) is 3.71. The Morgan fingerprint density at radius 1 is 1.19 bits per heavy atom. The predicted molar refractivity (Wildman–Crippen MR) is 83.1 cm³/mol. The predicted octanol–water partition coefficient (Wildman–Crippen LogP) is 2.74. The van der Waals surface area contributed by atoms with Crippen molar-refractivity contribution < 1.29 is 5.21 Å². The van der Waals surface area contributed by atoms with Crippen LogP contribution in [0, 0.1) is 13.8 Å². The van der Waals surface area contributed by atoms with Crippen LogP contribution < -0.4 is 5.73 Å². The number of hydrogen-bond acceptors (Lipinski definition) is 3. The van der Waals surface area contributed by atoms with Gasteiger partial charge in [-0.1, -0.05) is 17.3 Å². The normalized spacial score (nSPS) is 12.0. The molecule has 3 rings (SSSR count). The summed E-state index contributed by atoms with van der Waals surface area (Å²) >= 11 is 0. The van der Waals surface area contributed by atoms with Crippen molar-refractivity contribution >= 4 is 16.9 Å². The van der Waals surface area contributed by atoms with Gasteiger partial charge in [-0.3, -0.25) is 4.57 Å². The van der Waals surface area contributed by atoms with Crippen LogP contribution in [-0.4, -0.2) is 20.6 Å².